The second-order valence-electron chi connectivity index (χ2n) is 11.8. The van der Waals surface area contributed by atoms with Gasteiger partial charge in [0, 0.05) is 90.0 Å². The number of benzene rings is 1. The van der Waals surface area contributed by atoms with Crippen molar-refractivity contribution in [3.63, 3.8) is 0 Å². The van der Waals surface area contributed by atoms with Gasteiger partial charge in [0.25, 0.3) is 17.7 Å². The normalized spacial score (nSPS) is 13.0. The number of thiophene rings is 1. The summed E-state index contributed by atoms with van der Waals surface area (Å²) in [5.41, 5.74) is 3.46. The van der Waals surface area contributed by atoms with Gasteiger partial charge in [0.2, 0.25) is 0 Å². The van der Waals surface area contributed by atoms with Crippen molar-refractivity contribution in [1.82, 2.24) is 23.9 Å². The van der Waals surface area contributed by atoms with Gasteiger partial charge in [0.05, 0.1) is 41.0 Å². The first-order valence-corrected chi connectivity index (χ1v) is 17.2. The molecule has 1 saturated heterocycles. The Bertz CT molecular complexity index is 2020. The molecule has 3 amide bonds. The number of halogens is 1. The number of aryl methyl sites for hydroxylation is 3. The molecule has 50 heavy (non-hydrogen) atoms. The van der Waals surface area contributed by atoms with E-state index in [-0.39, 0.29) is 23.5 Å². The molecular formula is C35H41ClN8O5S. The third-order valence-corrected chi connectivity index (χ3v) is 9.88. The first-order valence-electron chi connectivity index (χ1n) is 16.0. The molecule has 13 nitrogen and oxygen atoms in total. The number of amides is 3. The van der Waals surface area contributed by atoms with Crippen molar-refractivity contribution in [2.45, 2.75) is 6.92 Å². The summed E-state index contributed by atoms with van der Waals surface area (Å²) in [5.74, 6) is -0.814. The molecule has 1 fully saturated rings. The van der Waals surface area contributed by atoms with Crippen LogP contribution in [0.3, 0.4) is 0 Å². The van der Waals surface area contributed by atoms with Gasteiger partial charge in [-0.15, -0.1) is 11.3 Å². The molecule has 15 heteroatoms. The van der Waals surface area contributed by atoms with Gasteiger partial charge in [-0.05, 0) is 24.3 Å². The van der Waals surface area contributed by atoms with Crippen molar-refractivity contribution < 1.29 is 23.9 Å². The van der Waals surface area contributed by atoms with Crippen LogP contribution in [0.4, 0.5) is 17.1 Å². The summed E-state index contributed by atoms with van der Waals surface area (Å²) >= 11 is 7.70. The predicted molar refractivity (Wildman–Crippen MR) is 198 cm³/mol. The molecule has 5 heterocycles. The lowest BCUT2D eigenvalue weighted by Crippen LogP contribution is -2.41. The number of morpholine rings is 1. The minimum atomic E-state index is -0.358. The molecule has 0 atom stereocenters. The van der Waals surface area contributed by atoms with Gasteiger partial charge in [-0.3, -0.25) is 24.1 Å². The standard InChI is InChI=1S/C22H19ClN4O3S.C13H22N4O2/c1-12(28)16-8-13(10-26(16)2)24-21(29)17-9-14(11-27(17)3)25-22(30)20-19(23)15-6-4-5-7-18(15)31-20;1-14-11-9-12(16(2)10-11)13(18)15-3-4-17-5-7-19-8-6-17/h4-11H,1-3H3,(H,24,29)(H,25,30);9-10,14H,3-8H2,1-2H3,(H,15,18). The highest BCUT2D eigenvalue weighted by Crippen LogP contribution is 2.35. The smallest absolute Gasteiger partial charge is 0.272 e. The number of carbonyl (C=O) groups excluding carboxylic acids is 4. The lowest BCUT2D eigenvalue weighted by atomic mass is 10.2. The largest absolute Gasteiger partial charge is 0.387 e. The molecule has 5 aromatic rings. The van der Waals surface area contributed by atoms with Crippen LogP contribution in [0.2, 0.25) is 5.02 Å². The number of ketones is 1. The van der Waals surface area contributed by atoms with E-state index in [4.69, 9.17) is 16.3 Å². The Morgan fingerprint density at radius 1 is 0.800 bits per heavy atom. The summed E-state index contributed by atoms with van der Waals surface area (Å²) in [4.78, 5) is 51.8. The maximum Gasteiger partial charge on any atom is 0.272 e. The zero-order chi connectivity index (χ0) is 35.9. The van der Waals surface area contributed by atoms with Gasteiger partial charge < -0.3 is 39.7 Å². The Kier molecular flexibility index (Phi) is 11.8. The topological polar surface area (TPSA) is 144 Å². The summed E-state index contributed by atoms with van der Waals surface area (Å²) in [6, 6.07) is 12.6. The second-order valence-corrected chi connectivity index (χ2v) is 13.3. The van der Waals surface area contributed by atoms with Crippen molar-refractivity contribution in [2.24, 2.45) is 21.1 Å². The number of Topliss-reactive ketones (excluding diaryl/α,β-unsaturated/α-hetero) is 1. The molecule has 1 aliphatic heterocycles. The van der Waals surface area contributed by atoms with Crippen LogP contribution in [-0.4, -0.2) is 88.5 Å². The summed E-state index contributed by atoms with van der Waals surface area (Å²) in [6.07, 6.45) is 5.22. The van der Waals surface area contributed by atoms with Gasteiger partial charge >= 0.3 is 0 Å². The molecule has 0 saturated carbocycles. The third kappa shape index (κ3) is 8.63. The fourth-order valence-corrected chi connectivity index (χ4v) is 6.97. The van der Waals surface area contributed by atoms with Crippen LogP contribution in [0.1, 0.15) is 48.1 Å². The van der Waals surface area contributed by atoms with Gasteiger partial charge in [0.15, 0.2) is 5.78 Å². The molecule has 0 radical (unpaired) electrons. The molecule has 0 bridgehead atoms. The number of carbonyl (C=O) groups is 4. The minimum absolute atomic E-state index is 0.0303. The maximum absolute atomic E-state index is 12.8. The van der Waals surface area contributed by atoms with E-state index in [0.717, 1.165) is 48.6 Å². The number of rotatable bonds is 10. The highest BCUT2D eigenvalue weighted by Gasteiger charge is 2.20. The van der Waals surface area contributed by atoms with E-state index in [0.29, 0.717) is 44.9 Å². The Labute approximate surface area is 299 Å². The van der Waals surface area contributed by atoms with Crippen molar-refractivity contribution in [3.05, 3.63) is 88.0 Å². The van der Waals surface area contributed by atoms with E-state index in [1.807, 2.05) is 55.2 Å². The molecule has 0 aliphatic carbocycles. The highest BCUT2D eigenvalue weighted by molar-refractivity contribution is 7.21. The third-order valence-electron chi connectivity index (χ3n) is 8.20. The molecule has 1 aromatic carbocycles. The zero-order valence-corrected chi connectivity index (χ0v) is 30.2. The van der Waals surface area contributed by atoms with Gasteiger partial charge in [-0.2, -0.15) is 0 Å². The molecule has 0 spiro atoms. The van der Waals surface area contributed by atoms with Crippen LogP contribution in [0.15, 0.2) is 61.1 Å². The Hall–Kier alpha value is -4.89. The van der Waals surface area contributed by atoms with Crippen molar-refractivity contribution in [3.8, 4) is 0 Å². The van der Waals surface area contributed by atoms with Crippen LogP contribution in [0.25, 0.3) is 10.1 Å². The van der Waals surface area contributed by atoms with E-state index in [2.05, 4.69) is 26.2 Å². The number of hydrogen-bond donors (Lipinski definition) is 4. The second kappa shape index (κ2) is 16.2. The number of hydrogen-bond acceptors (Lipinski definition) is 8. The zero-order valence-electron chi connectivity index (χ0n) is 28.6. The van der Waals surface area contributed by atoms with Crippen molar-refractivity contribution >= 4 is 73.6 Å². The first kappa shape index (κ1) is 36.4. The number of nitrogens with zero attached hydrogens (tertiary/aromatic N) is 4. The van der Waals surface area contributed by atoms with Crippen LogP contribution in [-0.2, 0) is 25.9 Å². The van der Waals surface area contributed by atoms with Crippen molar-refractivity contribution in [2.75, 3.05) is 62.4 Å². The van der Waals surface area contributed by atoms with E-state index in [1.54, 1.807) is 47.8 Å². The molecule has 6 rings (SSSR count). The van der Waals surface area contributed by atoms with Crippen LogP contribution >= 0.6 is 22.9 Å². The van der Waals surface area contributed by atoms with Crippen molar-refractivity contribution in [1.29, 1.82) is 0 Å². The summed E-state index contributed by atoms with van der Waals surface area (Å²) < 4.78 is 11.3. The summed E-state index contributed by atoms with van der Waals surface area (Å²) in [6.45, 7) is 6.48. The average molecular weight is 721 g/mol. The van der Waals surface area contributed by atoms with Crippen LogP contribution in [0, 0.1) is 0 Å². The molecule has 4 aromatic heterocycles. The quantitative estimate of drug-likeness (QED) is 0.148. The number of fused-ring (bicyclic) bond motifs is 1. The number of anilines is 3. The average Bonchev–Trinajstić information content (AvgIpc) is 3.86. The first-order chi connectivity index (χ1) is 23.9. The minimum Gasteiger partial charge on any atom is -0.387 e. The lowest BCUT2D eigenvalue weighted by molar-refractivity contribution is 0.0383. The summed E-state index contributed by atoms with van der Waals surface area (Å²) in [5, 5.41) is 12.8. The lowest BCUT2D eigenvalue weighted by Gasteiger charge is -2.26. The Morgan fingerprint density at radius 3 is 1.96 bits per heavy atom. The van der Waals surface area contributed by atoms with E-state index in [9.17, 15) is 19.2 Å². The molecule has 1 aliphatic rings. The molecule has 4 N–H and O–H groups in total. The van der Waals surface area contributed by atoms with Gasteiger partial charge in [0.1, 0.15) is 16.3 Å². The molecular weight excluding hydrogens is 680 g/mol. The SMILES string of the molecule is CC(=O)c1cc(NC(=O)c2cc(NC(=O)c3sc4ccccc4c3Cl)cn2C)cn1C.CNc1cc(C(=O)NCCN2CCOCC2)n(C)c1. The van der Waals surface area contributed by atoms with E-state index >= 15 is 0 Å². The Morgan fingerprint density at radius 2 is 1.36 bits per heavy atom. The van der Waals surface area contributed by atoms with Gasteiger partial charge in [-0.1, -0.05) is 29.8 Å². The van der Waals surface area contributed by atoms with E-state index in [1.165, 1.54) is 18.3 Å². The number of ether oxygens (including phenoxy) is 1. The fraction of sp³-hybridized carbons (Fsp3) is 0.314. The number of nitrogens with one attached hydrogen (secondary N) is 4. The van der Waals surface area contributed by atoms with Crippen LogP contribution < -0.4 is 21.3 Å². The maximum atomic E-state index is 12.8. The Balaban J connectivity index is 0.000000219. The summed E-state index contributed by atoms with van der Waals surface area (Å²) in [7, 11) is 7.16. The van der Waals surface area contributed by atoms with Crippen LogP contribution in [0.5, 0.6) is 0 Å². The predicted octanol–water partition coefficient (Wildman–Crippen LogP) is 5.07. The fourth-order valence-electron chi connectivity index (χ4n) is 5.55. The number of aromatic nitrogens is 3. The highest BCUT2D eigenvalue weighted by atomic mass is 35.5. The monoisotopic (exact) mass is 720 g/mol. The van der Waals surface area contributed by atoms with E-state index < -0.39 is 0 Å². The molecule has 264 valence electrons. The van der Waals surface area contributed by atoms with Gasteiger partial charge in [-0.25, -0.2) is 0 Å². The molecule has 0 unspecified atom stereocenters.